The third kappa shape index (κ3) is 4.74. The molecule has 3 rings (SSSR count). The largest absolute Gasteiger partial charge is 0.573 e. The van der Waals surface area contributed by atoms with E-state index < -0.39 is 6.36 Å². The number of carbonyl (C=O) groups is 1. The number of nitrogens with zero attached hydrogens (tertiary/aromatic N) is 3. The zero-order chi connectivity index (χ0) is 18.7. The van der Waals surface area contributed by atoms with Crippen LogP contribution in [0.4, 0.5) is 13.2 Å². The SMILES string of the molecule is Cc1noc(C2CCN(C(=O)Cc3ccc(OC(F)(F)F)cc3)CC2)n1. The molecule has 1 aromatic heterocycles. The second-order valence-electron chi connectivity index (χ2n) is 6.20. The van der Waals surface area contributed by atoms with Gasteiger partial charge in [-0.2, -0.15) is 4.98 Å². The number of halogens is 3. The van der Waals surface area contributed by atoms with E-state index in [0.29, 0.717) is 30.4 Å². The number of hydrogen-bond donors (Lipinski definition) is 0. The van der Waals surface area contributed by atoms with Gasteiger partial charge in [0.25, 0.3) is 0 Å². The summed E-state index contributed by atoms with van der Waals surface area (Å²) in [6.45, 7) is 2.93. The highest BCUT2D eigenvalue weighted by atomic mass is 19.4. The minimum absolute atomic E-state index is 0.0605. The molecule has 0 N–H and O–H groups in total. The van der Waals surface area contributed by atoms with Gasteiger partial charge < -0.3 is 14.2 Å². The van der Waals surface area contributed by atoms with Crippen molar-refractivity contribution in [1.82, 2.24) is 15.0 Å². The van der Waals surface area contributed by atoms with Gasteiger partial charge in [0.2, 0.25) is 11.8 Å². The molecule has 0 radical (unpaired) electrons. The van der Waals surface area contributed by atoms with E-state index in [0.717, 1.165) is 12.8 Å². The van der Waals surface area contributed by atoms with Crippen LogP contribution in [0.25, 0.3) is 0 Å². The highest BCUT2D eigenvalue weighted by Gasteiger charge is 2.31. The smallest absolute Gasteiger partial charge is 0.406 e. The molecule has 1 saturated heterocycles. The molecular formula is C17H18F3N3O3. The summed E-state index contributed by atoms with van der Waals surface area (Å²) in [5.41, 5.74) is 0.638. The standard InChI is InChI=1S/C17H18F3N3O3/c1-11-21-16(26-22-11)13-6-8-23(9-7-13)15(24)10-12-2-4-14(5-3-12)25-17(18,19)20/h2-5,13H,6-10H2,1H3. The average Bonchev–Trinajstić information content (AvgIpc) is 3.02. The molecule has 1 aliphatic heterocycles. The Morgan fingerprint density at radius 3 is 2.46 bits per heavy atom. The summed E-state index contributed by atoms with van der Waals surface area (Å²) in [4.78, 5) is 18.4. The molecule has 1 amide bonds. The number of carbonyl (C=O) groups excluding carboxylic acids is 1. The molecule has 0 aliphatic carbocycles. The number of aromatic nitrogens is 2. The van der Waals surface area contributed by atoms with Crippen LogP contribution >= 0.6 is 0 Å². The van der Waals surface area contributed by atoms with Crippen LogP contribution in [0.1, 0.15) is 36.0 Å². The maximum atomic E-state index is 12.4. The van der Waals surface area contributed by atoms with Gasteiger partial charge in [0, 0.05) is 19.0 Å². The molecule has 0 unspecified atom stereocenters. The van der Waals surface area contributed by atoms with E-state index in [1.807, 2.05) is 0 Å². The summed E-state index contributed by atoms with van der Waals surface area (Å²) in [6.07, 6.45) is -3.10. The monoisotopic (exact) mass is 369 g/mol. The van der Waals surface area contributed by atoms with Crippen molar-refractivity contribution >= 4 is 5.91 Å². The summed E-state index contributed by atoms with van der Waals surface area (Å²) in [6, 6.07) is 5.35. The van der Waals surface area contributed by atoms with Crippen molar-refractivity contribution in [2.24, 2.45) is 0 Å². The van der Waals surface area contributed by atoms with Crippen molar-refractivity contribution in [2.45, 2.75) is 38.5 Å². The maximum absolute atomic E-state index is 12.4. The minimum atomic E-state index is -4.72. The normalized spacial score (nSPS) is 15.9. The van der Waals surface area contributed by atoms with Gasteiger partial charge in [-0.15, -0.1) is 13.2 Å². The van der Waals surface area contributed by atoms with Crippen molar-refractivity contribution in [3.63, 3.8) is 0 Å². The predicted octanol–water partition coefficient (Wildman–Crippen LogP) is 3.23. The Bertz CT molecular complexity index is 751. The third-order valence-corrected chi connectivity index (χ3v) is 4.25. The molecule has 0 saturated carbocycles. The molecule has 0 bridgehead atoms. The van der Waals surface area contributed by atoms with E-state index in [9.17, 15) is 18.0 Å². The van der Waals surface area contributed by atoms with E-state index in [4.69, 9.17) is 4.52 Å². The number of aryl methyl sites for hydroxylation is 1. The van der Waals surface area contributed by atoms with Crippen molar-refractivity contribution in [1.29, 1.82) is 0 Å². The Labute approximate surface area is 147 Å². The second kappa shape index (κ2) is 7.35. The molecule has 6 nitrogen and oxygen atoms in total. The Hall–Kier alpha value is -2.58. The number of hydrogen-bond acceptors (Lipinski definition) is 5. The fraction of sp³-hybridized carbons (Fsp3) is 0.471. The summed E-state index contributed by atoms with van der Waals surface area (Å²) < 4.78 is 45.5. The number of rotatable bonds is 4. The van der Waals surface area contributed by atoms with Crippen molar-refractivity contribution in [3.8, 4) is 5.75 Å². The molecule has 2 heterocycles. The molecule has 26 heavy (non-hydrogen) atoms. The lowest BCUT2D eigenvalue weighted by atomic mass is 9.96. The molecule has 1 aliphatic rings. The van der Waals surface area contributed by atoms with E-state index in [2.05, 4.69) is 14.9 Å². The quantitative estimate of drug-likeness (QED) is 0.828. The van der Waals surface area contributed by atoms with Gasteiger partial charge in [-0.3, -0.25) is 4.79 Å². The fourth-order valence-electron chi connectivity index (χ4n) is 2.95. The first kappa shape index (κ1) is 18.2. The van der Waals surface area contributed by atoms with Crippen LogP contribution in [0.3, 0.4) is 0 Å². The van der Waals surface area contributed by atoms with Gasteiger partial charge >= 0.3 is 6.36 Å². The summed E-state index contributed by atoms with van der Waals surface area (Å²) in [5.74, 6) is 0.990. The first-order valence-electron chi connectivity index (χ1n) is 8.23. The topological polar surface area (TPSA) is 68.5 Å². The third-order valence-electron chi connectivity index (χ3n) is 4.25. The Kier molecular flexibility index (Phi) is 5.15. The fourth-order valence-corrected chi connectivity index (χ4v) is 2.95. The van der Waals surface area contributed by atoms with Crippen LogP contribution in [0, 0.1) is 6.92 Å². The molecule has 1 fully saturated rings. The van der Waals surface area contributed by atoms with Gasteiger partial charge in [0.15, 0.2) is 5.82 Å². The lowest BCUT2D eigenvalue weighted by Gasteiger charge is -2.30. The van der Waals surface area contributed by atoms with E-state index in [1.54, 1.807) is 11.8 Å². The summed E-state index contributed by atoms with van der Waals surface area (Å²) >= 11 is 0. The van der Waals surface area contributed by atoms with E-state index in [-0.39, 0.29) is 24.0 Å². The molecule has 1 aromatic carbocycles. The van der Waals surface area contributed by atoms with Crippen molar-refractivity contribution in [2.75, 3.05) is 13.1 Å². The average molecular weight is 369 g/mol. The van der Waals surface area contributed by atoms with Crippen LogP contribution in [-0.2, 0) is 11.2 Å². The lowest BCUT2D eigenvalue weighted by Crippen LogP contribution is -2.38. The van der Waals surface area contributed by atoms with Gasteiger partial charge in [-0.05, 0) is 37.5 Å². The highest BCUT2D eigenvalue weighted by molar-refractivity contribution is 5.78. The number of alkyl halides is 3. The van der Waals surface area contributed by atoms with Gasteiger partial charge in [0.05, 0.1) is 6.42 Å². The van der Waals surface area contributed by atoms with Crippen LogP contribution in [-0.4, -0.2) is 40.4 Å². The molecule has 9 heteroatoms. The number of benzene rings is 1. The molecule has 0 spiro atoms. The Morgan fingerprint density at radius 2 is 1.92 bits per heavy atom. The van der Waals surface area contributed by atoms with Crippen LogP contribution in [0.15, 0.2) is 28.8 Å². The van der Waals surface area contributed by atoms with Crippen LogP contribution in [0.2, 0.25) is 0 Å². The van der Waals surface area contributed by atoms with Gasteiger partial charge in [-0.25, -0.2) is 0 Å². The predicted molar refractivity (Wildman–Crippen MR) is 84.4 cm³/mol. The molecular weight excluding hydrogens is 351 g/mol. The Balaban J connectivity index is 1.51. The van der Waals surface area contributed by atoms with Crippen LogP contribution in [0.5, 0.6) is 5.75 Å². The lowest BCUT2D eigenvalue weighted by molar-refractivity contribution is -0.274. The van der Waals surface area contributed by atoms with Gasteiger partial charge in [0.1, 0.15) is 5.75 Å². The number of ether oxygens (including phenoxy) is 1. The maximum Gasteiger partial charge on any atom is 0.573 e. The van der Waals surface area contributed by atoms with Crippen molar-refractivity contribution < 1.29 is 27.2 Å². The van der Waals surface area contributed by atoms with E-state index in [1.165, 1.54) is 24.3 Å². The first-order valence-corrected chi connectivity index (χ1v) is 8.23. The zero-order valence-corrected chi connectivity index (χ0v) is 14.1. The molecule has 2 aromatic rings. The summed E-state index contributed by atoms with van der Waals surface area (Å²) in [5, 5.41) is 3.78. The van der Waals surface area contributed by atoms with Crippen molar-refractivity contribution in [3.05, 3.63) is 41.5 Å². The zero-order valence-electron chi connectivity index (χ0n) is 14.1. The molecule has 0 atom stereocenters. The highest BCUT2D eigenvalue weighted by Crippen LogP contribution is 2.27. The van der Waals surface area contributed by atoms with Crippen LogP contribution < -0.4 is 4.74 Å². The summed E-state index contributed by atoms with van der Waals surface area (Å²) in [7, 11) is 0. The number of amides is 1. The van der Waals surface area contributed by atoms with E-state index >= 15 is 0 Å². The number of piperidine rings is 1. The number of likely N-dealkylation sites (tertiary alicyclic amines) is 1. The molecule has 140 valence electrons. The first-order chi connectivity index (χ1) is 12.3. The minimum Gasteiger partial charge on any atom is -0.406 e. The second-order valence-corrected chi connectivity index (χ2v) is 6.20. The Morgan fingerprint density at radius 1 is 1.27 bits per heavy atom. The van der Waals surface area contributed by atoms with Gasteiger partial charge in [-0.1, -0.05) is 17.3 Å².